The molecule has 0 aromatic carbocycles. The van der Waals surface area contributed by atoms with E-state index in [1.165, 1.54) is 5.57 Å². The fourth-order valence-corrected chi connectivity index (χ4v) is 3.58. The predicted molar refractivity (Wildman–Crippen MR) is 69.1 cm³/mol. The van der Waals surface area contributed by atoms with Crippen LogP contribution in [0.3, 0.4) is 0 Å². The third-order valence-electron chi connectivity index (χ3n) is 3.27. The lowest BCUT2D eigenvalue weighted by molar-refractivity contribution is 0.543. The van der Waals surface area contributed by atoms with Crippen molar-refractivity contribution in [1.82, 2.24) is 4.90 Å². The Balaban J connectivity index is 2.04. The van der Waals surface area contributed by atoms with Crippen LogP contribution in [0.1, 0.15) is 13.3 Å². The monoisotopic (exact) mass is 233 g/mol. The second kappa shape index (κ2) is 3.77. The lowest BCUT2D eigenvalue weighted by Crippen LogP contribution is -2.47. The van der Waals surface area contributed by atoms with Crippen LogP contribution in [0.4, 0.5) is 0 Å². The van der Waals surface area contributed by atoms with Gasteiger partial charge in [-0.2, -0.15) is 0 Å². The van der Waals surface area contributed by atoms with Crippen LogP contribution >= 0.6 is 11.8 Å². The lowest BCUT2D eigenvalue weighted by Gasteiger charge is -2.40. The van der Waals surface area contributed by atoms with Crippen LogP contribution in [0.15, 0.2) is 28.8 Å². The molecule has 4 heteroatoms. The normalized spacial score (nSPS) is 32.8. The Kier molecular flexibility index (Phi) is 2.39. The van der Waals surface area contributed by atoms with E-state index in [0.717, 1.165) is 25.3 Å². The molecule has 3 rings (SSSR count). The van der Waals surface area contributed by atoms with E-state index in [0.29, 0.717) is 16.3 Å². The van der Waals surface area contributed by atoms with Gasteiger partial charge in [0, 0.05) is 23.9 Å². The number of hydrogen-bond acceptors (Lipinski definition) is 3. The molecule has 0 amide bonds. The first kappa shape index (κ1) is 10.1. The van der Waals surface area contributed by atoms with Crippen molar-refractivity contribution >= 4 is 22.8 Å². The standard InChI is InChI=1S/C12H15N3S/c1-8-4-2-5-9-10(8)16-12(13)15-7-3-6-14-11(9)15/h2,4-5,8,10,13H,3,6-7H2,1H3. The van der Waals surface area contributed by atoms with Crippen LogP contribution in [0.2, 0.25) is 0 Å². The van der Waals surface area contributed by atoms with Crippen molar-refractivity contribution in [1.29, 1.82) is 5.41 Å². The van der Waals surface area contributed by atoms with Gasteiger partial charge in [-0.15, -0.1) is 0 Å². The average molecular weight is 233 g/mol. The summed E-state index contributed by atoms with van der Waals surface area (Å²) in [6.07, 6.45) is 7.58. The minimum atomic E-state index is 0.394. The van der Waals surface area contributed by atoms with Crippen molar-refractivity contribution in [2.24, 2.45) is 10.9 Å². The van der Waals surface area contributed by atoms with Crippen molar-refractivity contribution < 1.29 is 0 Å². The van der Waals surface area contributed by atoms with Gasteiger partial charge in [-0.3, -0.25) is 10.4 Å². The largest absolute Gasteiger partial charge is 0.306 e. The van der Waals surface area contributed by atoms with E-state index in [1.807, 2.05) is 0 Å². The Morgan fingerprint density at radius 1 is 1.56 bits per heavy atom. The minimum absolute atomic E-state index is 0.394. The highest BCUT2D eigenvalue weighted by Gasteiger charge is 2.37. The van der Waals surface area contributed by atoms with Gasteiger partial charge < -0.3 is 4.90 Å². The smallest absolute Gasteiger partial charge is 0.162 e. The summed E-state index contributed by atoms with van der Waals surface area (Å²) in [6.45, 7) is 4.08. The van der Waals surface area contributed by atoms with E-state index >= 15 is 0 Å². The van der Waals surface area contributed by atoms with Gasteiger partial charge in [0.1, 0.15) is 5.84 Å². The summed E-state index contributed by atoms with van der Waals surface area (Å²) in [6, 6.07) is 0. The Bertz CT molecular complexity index is 422. The second-order valence-electron chi connectivity index (χ2n) is 4.42. The van der Waals surface area contributed by atoms with Gasteiger partial charge in [-0.25, -0.2) is 0 Å². The number of rotatable bonds is 0. The lowest BCUT2D eigenvalue weighted by atomic mass is 9.93. The number of amidine groups is 2. The highest BCUT2D eigenvalue weighted by molar-refractivity contribution is 8.14. The van der Waals surface area contributed by atoms with Crippen molar-refractivity contribution in [3.8, 4) is 0 Å². The third-order valence-corrected chi connectivity index (χ3v) is 4.65. The van der Waals surface area contributed by atoms with Crippen molar-refractivity contribution in [3.63, 3.8) is 0 Å². The van der Waals surface area contributed by atoms with E-state index < -0.39 is 0 Å². The highest BCUT2D eigenvalue weighted by Crippen LogP contribution is 2.38. The summed E-state index contributed by atoms with van der Waals surface area (Å²) in [5.41, 5.74) is 1.32. The third kappa shape index (κ3) is 1.44. The molecule has 0 aromatic rings. The first-order chi connectivity index (χ1) is 7.77. The van der Waals surface area contributed by atoms with E-state index in [1.54, 1.807) is 11.8 Å². The summed E-state index contributed by atoms with van der Waals surface area (Å²) in [4.78, 5) is 6.66. The zero-order valence-corrected chi connectivity index (χ0v) is 10.1. The molecule has 2 aliphatic heterocycles. The predicted octanol–water partition coefficient (Wildman–Crippen LogP) is 2.27. The first-order valence-corrected chi connectivity index (χ1v) is 6.61. The molecule has 2 unspecified atom stereocenters. The van der Waals surface area contributed by atoms with Crippen LogP contribution in [0.25, 0.3) is 0 Å². The molecule has 2 atom stereocenters. The summed E-state index contributed by atoms with van der Waals surface area (Å²) in [5.74, 6) is 1.55. The number of aliphatic imine (C=N–C) groups is 1. The number of hydrogen-bond donors (Lipinski definition) is 1. The SMILES string of the molecule is CC1C=CC=C2C3=NCCCN3C(=N)SC21. The van der Waals surface area contributed by atoms with Gasteiger partial charge >= 0.3 is 0 Å². The average Bonchev–Trinajstić information content (AvgIpc) is 2.31. The number of nitrogens with one attached hydrogen (secondary N) is 1. The molecule has 16 heavy (non-hydrogen) atoms. The number of nitrogens with zero attached hydrogens (tertiary/aromatic N) is 2. The molecular weight excluding hydrogens is 218 g/mol. The molecule has 0 spiro atoms. The van der Waals surface area contributed by atoms with Crippen LogP contribution in [0.5, 0.6) is 0 Å². The highest BCUT2D eigenvalue weighted by atomic mass is 32.2. The quantitative estimate of drug-likeness (QED) is 0.697. The second-order valence-corrected chi connectivity index (χ2v) is 5.55. The van der Waals surface area contributed by atoms with Gasteiger partial charge in [-0.1, -0.05) is 36.9 Å². The maximum Gasteiger partial charge on any atom is 0.162 e. The van der Waals surface area contributed by atoms with Gasteiger partial charge in [0.2, 0.25) is 0 Å². The maximum atomic E-state index is 8.08. The molecule has 1 N–H and O–H groups in total. The summed E-state index contributed by atoms with van der Waals surface area (Å²) < 4.78 is 0. The van der Waals surface area contributed by atoms with E-state index in [4.69, 9.17) is 5.41 Å². The van der Waals surface area contributed by atoms with Gasteiger partial charge in [0.05, 0.1) is 0 Å². The van der Waals surface area contributed by atoms with Crippen molar-refractivity contribution in [2.75, 3.05) is 13.1 Å². The van der Waals surface area contributed by atoms with E-state index in [-0.39, 0.29) is 0 Å². The zero-order valence-electron chi connectivity index (χ0n) is 9.31. The Hall–Kier alpha value is -1.03. The summed E-state index contributed by atoms with van der Waals surface area (Å²) in [5, 5.41) is 9.15. The van der Waals surface area contributed by atoms with Crippen molar-refractivity contribution in [3.05, 3.63) is 23.8 Å². The number of allylic oxidation sites excluding steroid dienone is 3. The first-order valence-electron chi connectivity index (χ1n) is 5.73. The number of fused-ring (bicyclic) bond motifs is 3. The molecular formula is C12H15N3S. The molecule has 2 heterocycles. The van der Waals surface area contributed by atoms with Gasteiger partial charge in [0.15, 0.2) is 5.17 Å². The molecule has 1 aliphatic carbocycles. The maximum absolute atomic E-state index is 8.08. The Morgan fingerprint density at radius 3 is 3.31 bits per heavy atom. The van der Waals surface area contributed by atoms with Crippen LogP contribution < -0.4 is 0 Å². The van der Waals surface area contributed by atoms with E-state index in [2.05, 4.69) is 35.0 Å². The molecule has 0 aromatic heterocycles. The fourth-order valence-electron chi connectivity index (χ4n) is 2.42. The zero-order chi connectivity index (χ0) is 11.1. The molecule has 84 valence electrons. The van der Waals surface area contributed by atoms with Crippen LogP contribution in [-0.2, 0) is 0 Å². The van der Waals surface area contributed by atoms with Crippen LogP contribution in [-0.4, -0.2) is 34.2 Å². The molecule has 0 saturated carbocycles. The van der Waals surface area contributed by atoms with Crippen LogP contribution in [0, 0.1) is 11.3 Å². The molecule has 3 nitrogen and oxygen atoms in total. The Labute approximate surface area is 99.8 Å². The minimum Gasteiger partial charge on any atom is -0.306 e. The molecule has 3 aliphatic rings. The van der Waals surface area contributed by atoms with Crippen molar-refractivity contribution in [2.45, 2.75) is 18.6 Å². The van der Waals surface area contributed by atoms with E-state index in [9.17, 15) is 0 Å². The summed E-state index contributed by atoms with van der Waals surface area (Å²) >= 11 is 1.67. The molecule has 1 saturated heterocycles. The topological polar surface area (TPSA) is 39.5 Å². The Morgan fingerprint density at radius 2 is 2.44 bits per heavy atom. The number of thioether (sulfide) groups is 1. The molecule has 0 radical (unpaired) electrons. The molecule has 0 bridgehead atoms. The fraction of sp³-hybridized carbons (Fsp3) is 0.500. The van der Waals surface area contributed by atoms with Gasteiger partial charge in [-0.05, 0) is 12.3 Å². The summed E-state index contributed by atoms with van der Waals surface area (Å²) in [7, 11) is 0. The van der Waals surface area contributed by atoms with Gasteiger partial charge in [0.25, 0.3) is 0 Å². The molecule has 1 fully saturated rings.